The summed E-state index contributed by atoms with van der Waals surface area (Å²) < 4.78 is 25.8. The van der Waals surface area contributed by atoms with Crippen LogP contribution in [-0.2, 0) is 4.79 Å². The Bertz CT molecular complexity index is 402. The van der Waals surface area contributed by atoms with Gasteiger partial charge in [-0.15, -0.1) is 12.4 Å². The van der Waals surface area contributed by atoms with Crippen molar-refractivity contribution in [1.29, 1.82) is 0 Å². The molecule has 1 amide bonds. The predicted molar refractivity (Wildman–Crippen MR) is 67.9 cm³/mol. The zero-order chi connectivity index (χ0) is 12.3. The summed E-state index contributed by atoms with van der Waals surface area (Å²) >= 11 is 0. The Morgan fingerprint density at radius 1 is 1.22 bits per heavy atom. The monoisotopic (exact) mass is 276 g/mol. The molecular formula is C12H15ClF2N2O. The van der Waals surface area contributed by atoms with Crippen molar-refractivity contribution in [2.24, 2.45) is 0 Å². The molecule has 0 spiro atoms. The van der Waals surface area contributed by atoms with Crippen LogP contribution in [0.4, 0.5) is 14.5 Å². The van der Waals surface area contributed by atoms with Gasteiger partial charge in [0.15, 0.2) is 0 Å². The summed E-state index contributed by atoms with van der Waals surface area (Å²) in [5, 5.41) is 5.58. The van der Waals surface area contributed by atoms with E-state index in [9.17, 15) is 13.6 Å². The van der Waals surface area contributed by atoms with Gasteiger partial charge in [-0.05, 0) is 31.5 Å². The van der Waals surface area contributed by atoms with Crippen LogP contribution in [0, 0.1) is 11.6 Å². The topological polar surface area (TPSA) is 41.1 Å². The maximum Gasteiger partial charge on any atom is 0.241 e. The molecule has 100 valence electrons. The van der Waals surface area contributed by atoms with Gasteiger partial charge < -0.3 is 10.6 Å². The summed E-state index contributed by atoms with van der Waals surface area (Å²) in [4.78, 5) is 11.8. The third kappa shape index (κ3) is 3.92. The molecule has 1 aliphatic rings. The average molecular weight is 277 g/mol. The zero-order valence-electron chi connectivity index (χ0n) is 9.71. The fraction of sp³-hybridized carbons (Fsp3) is 0.417. The molecule has 18 heavy (non-hydrogen) atoms. The van der Waals surface area contributed by atoms with Crippen LogP contribution >= 0.6 is 12.4 Å². The highest BCUT2D eigenvalue weighted by atomic mass is 35.5. The summed E-state index contributed by atoms with van der Waals surface area (Å²) in [7, 11) is 0. The predicted octanol–water partition coefficient (Wildman–Crippen LogP) is 2.47. The Morgan fingerprint density at radius 2 is 1.89 bits per heavy atom. The summed E-state index contributed by atoms with van der Waals surface area (Å²) in [6.45, 7) is 0.801. The molecule has 0 aromatic heterocycles. The largest absolute Gasteiger partial charge is 0.325 e. The Balaban J connectivity index is 0.00000162. The quantitative estimate of drug-likeness (QED) is 0.871. The third-order valence-electron chi connectivity index (χ3n) is 2.76. The number of carbonyl (C=O) groups is 1. The lowest BCUT2D eigenvalue weighted by molar-refractivity contribution is -0.118. The van der Waals surface area contributed by atoms with E-state index in [1.807, 2.05) is 0 Å². The first kappa shape index (κ1) is 14.9. The van der Waals surface area contributed by atoms with Gasteiger partial charge >= 0.3 is 0 Å². The van der Waals surface area contributed by atoms with Crippen LogP contribution in [0.2, 0.25) is 0 Å². The number of anilines is 1. The summed E-state index contributed by atoms with van der Waals surface area (Å²) in [6, 6.07) is 2.71. The third-order valence-corrected chi connectivity index (χ3v) is 2.76. The molecule has 2 rings (SSSR count). The molecule has 2 N–H and O–H groups in total. The van der Waals surface area contributed by atoms with Gasteiger partial charge in [-0.3, -0.25) is 4.79 Å². The van der Waals surface area contributed by atoms with Crippen LogP contribution in [0.15, 0.2) is 18.2 Å². The van der Waals surface area contributed by atoms with Crippen molar-refractivity contribution in [3.05, 3.63) is 29.8 Å². The van der Waals surface area contributed by atoms with Crippen LogP contribution in [0.25, 0.3) is 0 Å². The molecule has 1 fully saturated rings. The maximum absolute atomic E-state index is 12.9. The minimum atomic E-state index is -0.697. The molecule has 1 aromatic carbocycles. The standard InChI is InChI=1S/C12H14F2N2O.ClH/c13-8-5-9(14)7-10(6-8)16-12(17)11-3-1-2-4-15-11;/h5-7,11,15H,1-4H2,(H,16,17);1H/t11-;/m0./s1. The fourth-order valence-corrected chi connectivity index (χ4v) is 1.93. The van der Waals surface area contributed by atoms with Gasteiger partial charge in [-0.25, -0.2) is 8.78 Å². The molecule has 0 aliphatic carbocycles. The van der Waals surface area contributed by atoms with Crippen molar-refractivity contribution in [3.63, 3.8) is 0 Å². The van der Waals surface area contributed by atoms with E-state index in [-0.39, 0.29) is 30.0 Å². The molecule has 1 heterocycles. The Morgan fingerprint density at radius 3 is 2.44 bits per heavy atom. The first-order valence-electron chi connectivity index (χ1n) is 5.65. The van der Waals surface area contributed by atoms with Crippen LogP contribution in [0.3, 0.4) is 0 Å². The van der Waals surface area contributed by atoms with Gasteiger partial charge in [0.25, 0.3) is 0 Å². The number of hydrogen-bond acceptors (Lipinski definition) is 2. The minimum absolute atomic E-state index is 0. The SMILES string of the molecule is Cl.O=C(Nc1cc(F)cc(F)c1)[C@@H]1CCCCN1. The van der Waals surface area contributed by atoms with Gasteiger partial charge in [0.1, 0.15) is 11.6 Å². The van der Waals surface area contributed by atoms with E-state index in [0.29, 0.717) is 0 Å². The lowest BCUT2D eigenvalue weighted by Gasteiger charge is -2.22. The number of benzene rings is 1. The van der Waals surface area contributed by atoms with Gasteiger partial charge in [0.05, 0.1) is 6.04 Å². The fourth-order valence-electron chi connectivity index (χ4n) is 1.93. The van der Waals surface area contributed by atoms with Crippen LogP contribution in [-0.4, -0.2) is 18.5 Å². The van der Waals surface area contributed by atoms with Crippen molar-refractivity contribution in [3.8, 4) is 0 Å². The maximum atomic E-state index is 12.9. The van der Waals surface area contributed by atoms with Crippen molar-refractivity contribution in [2.45, 2.75) is 25.3 Å². The Labute approximate surface area is 110 Å². The zero-order valence-corrected chi connectivity index (χ0v) is 10.5. The molecule has 1 aromatic rings. The highest BCUT2D eigenvalue weighted by molar-refractivity contribution is 5.94. The second-order valence-corrected chi connectivity index (χ2v) is 4.15. The van der Waals surface area contributed by atoms with Crippen molar-refractivity contribution in [1.82, 2.24) is 5.32 Å². The average Bonchev–Trinajstić information content (AvgIpc) is 2.28. The molecule has 0 radical (unpaired) electrons. The van der Waals surface area contributed by atoms with Crippen LogP contribution in [0.5, 0.6) is 0 Å². The number of hydrogen-bond donors (Lipinski definition) is 2. The molecule has 1 atom stereocenters. The van der Waals surface area contributed by atoms with E-state index in [2.05, 4.69) is 10.6 Å². The van der Waals surface area contributed by atoms with E-state index >= 15 is 0 Å². The first-order valence-corrected chi connectivity index (χ1v) is 5.65. The van der Waals surface area contributed by atoms with E-state index < -0.39 is 11.6 Å². The molecule has 1 aliphatic heterocycles. The summed E-state index contributed by atoms with van der Waals surface area (Å²) in [6.07, 6.45) is 2.80. The van der Waals surface area contributed by atoms with Gasteiger partial charge in [0, 0.05) is 11.8 Å². The molecule has 0 saturated carbocycles. The summed E-state index contributed by atoms with van der Waals surface area (Å²) in [5.74, 6) is -1.64. The minimum Gasteiger partial charge on any atom is -0.325 e. The highest BCUT2D eigenvalue weighted by Crippen LogP contribution is 2.14. The smallest absolute Gasteiger partial charge is 0.241 e. The van der Waals surface area contributed by atoms with E-state index in [0.717, 1.165) is 44.0 Å². The first-order chi connectivity index (χ1) is 8.15. The van der Waals surface area contributed by atoms with Gasteiger partial charge in [-0.1, -0.05) is 6.42 Å². The number of piperidine rings is 1. The van der Waals surface area contributed by atoms with Crippen LogP contribution in [0.1, 0.15) is 19.3 Å². The number of carbonyl (C=O) groups excluding carboxylic acids is 1. The van der Waals surface area contributed by atoms with Crippen LogP contribution < -0.4 is 10.6 Å². The molecule has 3 nitrogen and oxygen atoms in total. The molecule has 1 saturated heterocycles. The molecule has 0 bridgehead atoms. The Kier molecular flexibility index (Phi) is 5.50. The number of nitrogens with one attached hydrogen (secondary N) is 2. The number of halogens is 3. The molecule has 6 heteroatoms. The summed E-state index contributed by atoms with van der Waals surface area (Å²) in [5.41, 5.74) is 0.153. The van der Waals surface area contributed by atoms with Gasteiger partial charge in [0.2, 0.25) is 5.91 Å². The van der Waals surface area contributed by atoms with Crippen molar-refractivity contribution in [2.75, 3.05) is 11.9 Å². The molecule has 0 unspecified atom stereocenters. The second kappa shape index (κ2) is 6.66. The Hall–Kier alpha value is -1.20. The van der Waals surface area contributed by atoms with E-state index in [4.69, 9.17) is 0 Å². The molecular weight excluding hydrogens is 262 g/mol. The lowest BCUT2D eigenvalue weighted by Crippen LogP contribution is -2.43. The van der Waals surface area contributed by atoms with Gasteiger partial charge in [-0.2, -0.15) is 0 Å². The number of amides is 1. The van der Waals surface area contributed by atoms with E-state index in [1.165, 1.54) is 0 Å². The van der Waals surface area contributed by atoms with E-state index in [1.54, 1.807) is 0 Å². The lowest BCUT2D eigenvalue weighted by atomic mass is 10.0. The van der Waals surface area contributed by atoms with Crippen molar-refractivity contribution < 1.29 is 13.6 Å². The second-order valence-electron chi connectivity index (χ2n) is 4.15. The number of rotatable bonds is 2. The van der Waals surface area contributed by atoms with Crippen molar-refractivity contribution >= 4 is 24.0 Å². The highest BCUT2D eigenvalue weighted by Gasteiger charge is 2.20. The normalized spacial score (nSPS) is 18.9.